The van der Waals surface area contributed by atoms with Crippen molar-refractivity contribution in [1.29, 1.82) is 5.41 Å². The van der Waals surface area contributed by atoms with Crippen molar-refractivity contribution < 1.29 is 0 Å². The molecular weight excluding hydrogens is 372 g/mol. The molecule has 2 aromatic carbocycles. The summed E-state index contributed by atoms with van der Waals surface area (Å²) in [6, 6.07) is 17.8. The standard InChI is InChI=1S/C24H26N6/c1-5-16-30-23(22(6-2)19-10-8-7-9-11-19)27-24(28-30)26-20-12-14-21(15-13-20)29(17-25)18(3)4/h5-15,17,22,25H,1-3,16H2,4H3,(H,26,28). The fourth-order valence-corrected chi connectivity index (χ4v) is 3.18. The Hall–Kier alpha value is -3.93. The van der Waals surface area contributed by atoms with E-state index in [2.05, 4.69) is 42.3 Å². The second-order valence-corrected chi connectivity index (χ2v) is 6.79. The Morgan fingerprint density at radius 3 is 2.43 bits per heavy atom. The lowest BCUT2D eigenvalue weighted by Crippen LogP contribution is -2.16. The Morgan fingerprint density at radius 2 is 1.87 bits per heavy atom. The van der Waals surface area contributed by atoms with Crippen LogP contribution in [0, 0.1) is 5.41 Å². The third kappa shape index (κ3) is 4.55. The topological polar surface area (TPSA) is 69.8 Å². The predicted octanol–water partition coefficient (Wildman–Crippen LogP) is 5.47. The van der Waals surface area contributed by atoms with Crippen LogP contribution in [-0.4, -0.2) is 21.1 Å². The molecule has 2 N–H and O–H groups in total. The van der Waals surface area contributed by atoms with Gasteiger partial charge in [-0.25, -0.2) is 4.68 Å². The van der Waals surface area contributed by atoms with Gasteiger partial charge in [0.2, 0.25) is 5.95 Å². The molecule has 1 heterocycles. The van der Waals surface area contributed by atoms with Crippen LogP contribution in [0.15, 0.2) is 92.2 Å². The Labute approximate surface area is 177 Å². The van der Waals surface area contributed by atoms with Gasteiger partial charge in [-0.05, 0) is 36.8 Å². The summed E-state index contributed by atoms with van der Waals surface area (Å²) in [6.07, 6.45) is 4.92. The predicted molar refractivity (Wildman–Crippen MR) is 125 cm³/mol. The first-order valence-electron chi connectivity index (χ1n) is 9.63. The summed E-state index contributed by atoms with van der Waals surface area (Å²) in [5.41, 5.74) is 3.59. The molecule has 1 atom stereocenters. The zero-order valence-corrected chi connectivity index (χ0v) is 17.1. The third-order valence-corrected chi connectivity index (χ3v) is 4.62. The van der Waals surface area contributed by atoms with Gasteiger partial charge in [-0.3, -0.25) is 5.41 Å². The lowest BCUT2D eigenvalue weighted by molar-refractivity contribution is 0.646. The van der Waals surface area contributed by atoms with Crippen LogP contribution in [0.4, 0.5) is 17.3 Å². The molecule has 0 saturated heterocycles. The molecule has 0 aliphatic rings. The molecule has 3 rings (SSSR count). The quantitative estimate of drug-likeness (QED) is 0.270. The van der Waals surface area contributed by atoms with Crippen LogP contribution in [0.25, 0.3) is 0 Å². The molecular formula is C24H26N6. The van der Waals surface area contributed by atoms with E-state index in [0.717, 1.165) is 28.5 Å². The second-order valence-electron chi connectivity index (χ2n) is 6.79. The van der Waals surface area contributed by atoms with Crippen molar-refractivity contribution in [3.05, 3.63) is 104 Å². The lowest BCUT2D eigenvalue weighted by atomic mass is 9.98. The van der Waals surface area contributed by atoms with Gasteiger partial charge in [0.05, 0.1) is 18.8 Å². The summed E-state index contributed by atoms with van der Waals surface area (Å²) in [4.78, 5) is 6.44. The molecule has 3 aromatic rings. The average molecular weight is 399 g/mol. The van der Waals surface area contributed by atoms with Crippen LogP contribution in [0.5, 0.6) is 0 Å². The minimum absolute atomic E-state index is 0.0757. The highest BCUT2D eigenvalue weighted by atomic mass is 15.4. The molecule has 0 radical (unpaired) electrons. The Morgan fingerprint density at radius 1 is 1.17 bits per heavy atom. The van der Waals surface area contributed by atoms with Crippen molar-refractivity contribution in [2.24, 2.45) is 0 Å². The van der Waals surface area contributed by atoms with E-state index in [1.54, 1.807) is 11.0 Å². The van der Waals surface area contributed by atoms with E-state index in [0.29, 0.717) is 12.5 Å². The maximum absolute atomic E-state index is 7.54. The van der Waals surface area contributed by atoms with E-state index >= 15 is 0 Å². The summed E-state index contributed by atoms with van der Waals surface area (Å²) in [6.45, 7) is 14.1. The normalized spacial score (nSPS) is 11.4. The highest BCUT2D eigenvalue weighted by Gasteiger charge is 2.19. The molecule has 1 unspecified atom stereocenters. The van der Waals surface area contributed by atoms with E-state index < -0.39 is 0 Å². The molecule has 0 saturated carbocycles. The first-order valence-corrected chi connectivity index (χ1v) is 9.63. The maximum Gasteiger partial charge on any atom is 0.246 e. The Kier molecular flexibility index (Phi) is 6.60. The van der Waals surface area contributed by atoms with Crippen molar-refractivity contribution in [2.75, 3.05) is 10.2 Å². The number of benzene rings is 2. The first-order chi connectivity index (χ1) is 14.6. The minimum Gasteiger partial charge on any atom is -0.323 e. The largest absolute Gasteiger partial charge is 0.323 e. The van der Waals surface area contributed by atoms with E-state index in [-0.39, 0.29) is 5.92 Å². The number of hydrogen-bond acceptors (Lipinski definition) is 4. The molecule has 0 aliphatic heterocycles. The molecule has 6 heteroatoms. The third-order valence-electron chi connectivity index (χ3n) is 4.62. The van der Waals surface area contributed by atoms with Crippen LogP contribution in [0.3, 0.4) is 0 Å². The van der Waals surface area contributed by atoms with Gasteiger partial charge in [0.25, 0.3) is 0 Å². The van der Waals surface area contributed by atoms with Gasteiger partial charge in [-0.1, -0.05) is 49.1 Å². The molecule has 1 aromatic heterocycles. The van der Waals surface area contributed by atoms with Gasteiger partial charge in [0, 0.05) is 17.1 Å². The van der Waals surface area contributed by atoms with Crippen molar-refractivity contribution in [3.63, 3.8) is 0 Å². The zero-order chi connectivity index (χ0) is 21.5. The van der Waals surface area contributed by atoms with E-state index in [4.69, 9.17) is 10.4 Å². The van der Waals surface area contributed by atoms with Gasteiger partial charge in [-0.2, -0.15) is 4.98 Å². The van der Waals surface area contributed by atoms with E-state index in [1.165, 1.54) is 6.34 Å². The molecule has 30 heavy (non-hydrogen) atoms. The molecule has 152 valence electrons. The average Bonchev–Trinajstić information content (AvgIpc) is 3.13. The number of rotatable bonds is 10. The summed E-state index contributed by atoms with van der Waals surface area (Å²) < 4.78 is 1.83. The van der Waals surface area contributed by atoms with Crippen LogP contribution in [0.2, 0.25) is 0 Å². The maximum atomic E-state index is 7.54. The number of allylic oxidation sites excluding steroid dienone is 3. The smallest absolute Gasteiger partial charge is 0.246 e. The number of nitrogens with one attached hydrogen (secondary N) is 2. The van der Waals surface area contributed by atoms with Gasteiger partial charge >= 0.3 is 0 Å². The number of anilines is 3. The molecule has 0 aliphatic carbocycles. The van der Waals surface area contributed by atoms with Crippen molar-refractivity contribution >= 4 is 23.7 Å². The molecule has 0 fully saturated rings. The van der Waals surface area contributed by atoms with Crippen molar-refractivity contribution in [2.45, 2.75) is 19.4 Å². The summed E-state index contributed by atoms with van der Waals surface area (Å²) >= 11 is 0. The van der Waals surface area contributed by atoms with Gasteiger partial charge in [0.15, 0.2) is 0 Å². The number of nitrogens with zero attached hydrogens (tertiary/aromatic N) is 4. The Bertz CT molecular complexity index is 1030. The summed E-state index contributed by atoms with van der Waals surface area (Å²) in [7, 11) is 0. The van der Waals surface area contributed by atoms with Gasteiger partial charge in [0.1, 0.15) is 5.82 Å². The monoisotopic (exact) mass is 398 g/mol. The van der Waals surface area contributed by atoms with Gasteiger partial charge in [-0.15, -0.1) is 18.3 Å². The Balaban J connectivity index is 1.88. The molecule has 6 nitrogen and oxygen atoms in total. The van der Waals surface area contributed by atoms with Crippen molar-refractivity contribution in [3.8, 4) is 0 Å². The molecule has 0 spiro atoms. The summed E-state index contributed by atoms with van der Waals surface area (Å²) in [5.74, 6) is 1.23. The lowest BCUT2D eigenvalue weighted by Gasteiger charge is -2.18. The zero-order valence-electron chi connectivity index (χ0n) is 17.1. The van der Waals surface area contributed by atoms with Crippen molar-refractivity contribution in [1.82, 2.24) is 14.8 Å². The minimum atomic E-state index is -0.0757. The van der Waals surface area contributed by atoms with Crippen LogP contribution < -0.4 is 10.2 Å². The van der Waals surface area contributed by atoms with Crippen LogP contribution >= 0.6 is 0 Å². The second kappa shape index (κ2) is 9.52. The SMILES string of the molecule is C=CCn1nc(Nc2ccc(N(C=N)C(=C)C)cc2)nc1C(C=C)c1ccccc1. The highest BCUT2D eigenvalue weighted by Crippen LogP contribution is 2.27. The van der Waals surface area contributed by atoms with Gasteiger partial charge < -0.3 is 10.2 Å². The van der Waals surface area contributed by atoms with E-state index in [9.17, 15) is 0 Å². The van der Waals surface area contributed by atoms with Crippen LogP contribution in [-0.2, 0) is 6.54 Å². The highest BCUT2D eigenvalue weighted by molar-refractivity contribution is 5.81. The number of aromatic nitrogens is 3. The molecule has 0 bridgehead atoms. The fourth-order valence-electron chi connectivity index (χ4n) is 3.18. The van der Waals surface area contributed by atoms with E-state index in [1.807, 2.05) is 60.1 Å². The first kappa shape index (κ1) is 20.8. The summed E-state index contributed by atoms with van der Waals surface area (Å²) in [5, 5.41) is 15.4. The fraction of sp³-hybridized carbons (Fsp3) is 0.125. The van der Waals surface area contributed by atoms with Crippen LogP contribution in [0.1, 0.15) is 24.2 Å². The number of hydrogen-bond donors (Lipinski definition) is 2. The molecule has 0 amide bonds.